The Kier molecular flexibility index (Phi) is 7.66. The molecule has 0 fully saturated rings. The lowest BCUT2D eigenvalue weighted by atomic mass is 10.2. The Morgan fingerprint density at radius 2 is 2.03 bits per heavy atom. The minimum Gasteiger partial charge on any atom is -0.469 e. The highest BCUT2D eigenvalue weighted by Gasteiger charge is 2.15. The average molecular weight is 445 g/mol. The number of fused-ring (bicyclic) bond motifs is 1. The molecule has 2 aromatic heterocycles. The van der Waals surface area contributed by atoms with E-state index in [0.717, 1.165) is 18.4 Å². The number of aliphatic hydroxyl groups excluding tert-OH is 1. The molecule has 3 rings (SSSR count). The Morgan fingerprint density at radius 1 is 1.28 bits per heavy atom. The van der Waals surface area contributed by atoms with E-state index in [2.05, 4.69) is 19.7 Å². The van der Waals surface area contributed by atoms with Crippen LogP contribution in [0.1, 0.15) is 38.2 Å². The van der Waals surface area contributed by atoms with E-state index in [-0.39, 0.29) is 36.9 Å². The number of benzene rings is 1. The van der Waals surface area contributed by atoms with E-state index in [1.165, 1.54) is 11.7 Å². The van der Waals surface area contributed by atoms with Crippen molar-refractivity contribution in [3.63, 3.8) is 0 Å². The van der Waals surface area contributed by atoms with Gasteiger partial charge in [0, 0.05) is 6.42 Å². The van der Waals surface area contributed by atoms with Gasteiger partial charge < -0.3 is 30.0 Å². The number of aliphatic hydroxyl groups is 1. The fourth-order valence-electron chi connectivity index (χ4n) is 2.97. The maximum atomic E-state index is 12.5. The van der Waals surface area contributed by atoms with Crippen LogP contribution >= 0.6 is 0 Å². The fourth-order valence-corrected chi connectivity index (χ4v) is 2.97. The van der Waals surface area contributed by atoms with Crippen molar-refractivity contribution in [2.45, 2.75) is 45.4 Å². The van der Waals surface area contributed by atoms with Gasteiger partial charge >= 0.3 is 17.7 Å². The number of ether oxygens (including phenoxy) is 3. The number of methoxy groups -OCH3 is 1. The highest BCUT2D eigenvalue weighted by atomic mass is 16.6. The summed E-state index contributed by atoms with van der Waals surface area (Å²) in [5, 5.41) is 9.89. The van der Waals surface area contributed by atoms with Crippen molar-refractivity contribution in [3.8, 4) is 11.8 Å². The molecule has 3 aromatic rings. The van der Waals surface area contributed by atoms with Gasteiger partial charge in [-0.25, -0.2) is 4.79 Å². The van der Waals surface area contributed by atoms with Crippen LogP contribution in [0.3, 0.4) is 0 Å². The Balaban J connectivity index is 1.72. The van der Waals surface area contributed by atoms with Gasteiger partial charge in [-0.2, -0.15) is 9.97 Å². The lowest BCUT2D eigenvalue weighted by molar-refractivity contribution is -0.142. The maximum Gasteiger partial charge on any atom is 0.328 e. The zero-order valence-electron chi connectivity index (χ0n) is 18.0. The predicted octanol–water partition coefficient (Wildman–Crippen LogP) is 1.58. The number of nitrogens with one attached hydrogen (secondary N) is 1. The first-order valence-electron chi connectivity index (χ1n) is 10.3. The van der Waals surface area contributed by atoms with Crippen LogP contribution < -0.4 is 20.9 Å². The number of nitrogen functional groups attached to an aromatic ring is 1. The third kappa shape index (κ3) is 5.76. The Labute approximate surface area is 184 Å². The number of nitrogens with two attached hydrogens (primary N) is 1. The van der Waals surface area contributed by atoms with Crippen LogP contribution in [0.2, 0.25) is 0 Å². The lowest BCUT2D eigenvalue weighted by Gasteiger charge is -2.13. The van der Waals surface area contributed by atoms with Gasteiger partial charge in [-0.15, -0.1) is 0 Å². The molecule has 0 bridgehead atoms. The summed E-state index contributed by atoms with van der Waals surface area (Å²) in [6.07, 6.45) is 0.848. The van der Waals surface area contributed by atoms with E-state index in [4.69, 9.17) is 15.2 Å². The minimum absolute atomic E-state index is 0.0500. The highest BCUT2D eigenvalue weighted by Crippen LogP contribution is 2.20. The number of rotatable bonds is 11. The van der Waals surface area contributed by atoms with E-state index >= 15 is 0 Å². The molecule has 0 aliphatic rings. The fraction of sp³-hybridized carbons (Fsp3) is 0.429. The van der Waals surface area contributed by atoms with Crippen molar-refractivity contribution in [3.05, 3.63) is 40.3 Å². The third-order valence-electron chi connectivity index (χ3n) is 4.72. The first-order valence-corrected chi connectivity index (χ1v) is 10.3. The number of esters is 1. The Bertz CT molecular complexity index is 1110. The van der Waals surface area contributed by atoms with Gasteiger partial charge in [-0.05, 0) is 24.1 Å². The number of carbonyl (C=O) groups excluding carboxylic acids is 1. The number of aromatic amines is 1. The summed E-state index contributed by atoms with van der Waals surface area (Å²) in [5.74, 6) is 0.146. The summed E-state index contributed by atoms with van der Waals surface area (Å²) in [6, 6.07) is 6.98. The summed E-state index contributed by atoms with van der Waals surface area (Å²) in [4.78, 5) is 34.8. The molecule has 11 heteroatoms. The summed E-state index contributed by atoms with van der Waals surface area (Å²) in [5.41, 5.74) is 7.11. The summed E-state index contributed by atoms with van der Waals surface area (Å²) >= 11 is 0. The van der Waals surface area contributed by atoms with E-state index in [1.807, 2.05) is 6.92 Å². The Morgan fingerprint density at radius 3 is 2.72 bits per heavy atom. The molecule has 0 saturated carbocycles. The van der Waals surface area contributed by atoms with Crippen LogP contribution in [-0.2, 0) is 16.1 Å². The van der Waals surface area contributed by atoms with Gasteiger partial charge in [-0.3, -0.25) is 9.36 Å². The van der Waals surface area contributed by atoms with Crippen LogP contribution in [0, 0.1) is 0 Å². The van der Waals surface area contributed by atoms with Crippen molar-refractivity contribution >= 4 is 23.0 Å². The molecule has 11 nitrogen and oxygen atoms in total. The summed E-state index contributed by atoms with van der Waals surface area (Å²) < 4.78 is 16.9. The molecular weight excluding hydrogens is 418 g/mol. The second-order valence-electron chi connectivity index (χ2n) is 7.14. The first-order chi connectivity index (χ1) is 15.4. The van der Waals surface area contributed by atoms with Crippen molar-refractivity contribution in [2.24, 2.45) is 0 Å². The van der Waals surface area contributed by atoms with Crippen LogP contribution in [0.4, 0.5) is 5.82 Å². The number of nitrogens with zero attached hydrogens (tertiary/aromatic N) is 3. The largest absolute Gasteiger partial charge is 0.469 e. The monoisotopic (exact) mass is 445 g/mol. The van der Waals surface area contributed by atoms with Crippen molar-refractivity contribution < 1.29 is 24.1 Å². The Hall–Kier alpha value is -3.60. The molecule has 4 N–H and O–H groups in total. The third-order valence-corrected chi connectivity index (χ3v) is 4.72. The van der Waals surface area contributed by atoms with Gasteiger partial charge in [0.15, 0.2) is 17.8 Å². The average Bonchev–Trinajstić information content (AvgIpc) is 3.09. The van der Waals surface area contributed by atoms with Crippen LogP contribution in [0.25, 0.3) is 11.2 Å². The van der Waals surface area contributed by atoms with Crippen LogP contribution in [0.5, 0.6) is 11.8 Å². The molecule has 0 radical (unpaired) electrons. The van der Waals surface area contributed by atoms with Crippen LogP contribution in [-0.4, -0.2) is 50.6 Å². The lowest BCUT2D eigenvalue weighted by Crippen LogP contribution is -2.18. The van der Waals surface area contributed by atoms with Gasteiger partial charge in [0.2, 0.25) is 0 Å². The minimum atomic E-state index is -1.14. The first kappa shape index (κ1) is 23.1. The molecule has 172 valence electrons. The number of anilines is 1. The number of hydrogen-bond acceptors (Lipinski definition) is 9. The molecule has 0 aliphatic carbocycles. The SMILES string of the molecule is CCCCOc1nc(N)c2[nH]c(=O)n(Cc3ccc(OC(O)CCC(=O)OC)cc3)c2n1. The number of imidazole rings is 1. The number of hydrogen-bond donors (Lipinski definition) is 3. The van der Waals surface area contributed by atoms with E-state index in [0.29, 0.717) is 23.5 Å². The van der Waals surface area contributed by atoms with Crippen molar-refractivity contribution in [1.82, 2.24) is 19.5 Å². The molecular formula is C21H27N5O6. The second-order valence-corrected chi connectivity index (χ2v) is 7.14. The molecule has 0 amide bonds. The number of unbranched alkanes of at least 4 members (excludes halogenated alkanes) is 1. The second kappa shape index (κ2) is 10.6. The smallest absolute Gasteiger partial charge is 0.328 e. The normalized spacial score (nSPS) is 12.0. The highest BCUT2D eigenvalue weighted by molar-refractivity contribution is 5.81. The number of aromatic nitrogens is 4. The quantitative estimate of drug-likeness (QED) is 0.227. The zero-order chi connectivity index (χ0) is 23.1. The standard InChI is InChI=1S/C21H27N5O6/c1-3-4-11-31-20-24-18(22)17-19(25-20)26(21(29)23-17)12-13-5-7-14(8-6-13)32-16(28)10-9-15(27)30-2/h5-8,16,28H,3-4,9-12H2,1-2H3,(H,23,29)(H2,22,24,25). The van der Waals surface area contributed by atoms with Gasteiger partial charge in [-0.1, -0.05) is 25.5 Å². The van der Waals surface area contributed by atoms with Crippen molar-refractivity contribution in [2.75, 3.05) is 19.5 Å². The molecule has 32 heavy (non-hydrogen) atoms. The number of H-pyrrole nitrogens is 1. The van der Waals surface area contributed by atoms with E-state index < -0.39 is 12.3 Å². The zero-order valence-corrected chi connectivity index (χ0v) is 18.0. The molecule has 0 aliphatic heterocycles. The predicted molar refractivity (Wildman–Crippen MR) is 116 cm³/mol. The number of carbonyl (C=O) groups is 1. The van der Waals surface area contributed by atoms with Gasteiger partial charge in [0.25, 0.3) is 0 Å². The van der Waals surface area contributed by atoms with Gasteiger partial charge in [0.05, 0.1) is 26.7 Å². The molecule has 1 unspecified atom stereocenters. The summed E-state index contributed by atoms with van der Waals surface area (Å²) in [7, 11) is 1.29. The summed E-state index contributed by atoms with van der Waals surface area (Å²) in [6.45, 7) is 2.74. The maximum absolute atomic E-state index is 12.5. The molecule has 1 aromatic carbocycles. The van der Waals surface area contributed by atoms with E-state index in [1.54, 1.807) is 24.3 Å². The van der Waals surface area contributed by atoms with Crippen molar-refractivity contribution in [1.29, 1.82) is 0 Å². The van der Waals surface area contributed by atoms with E-state index in [9.17, 15) is 14.7 Å². The van der Waals surface area contributed by atoms with Crippen LogP contribution in [0.15, 0.2) is 29.1 Å². The molecule has 2 heterocycles. The molecule has 0 spiro atoms. The van der Waals surface area contributed by atoms with Gasteiger partial charge in [0.1, 0.15) is 11.3 Å². The topological polar surface area (TPSA) is 155 Å². The molecule has 0 saturated heterocycles. The molecule has 1 atom stereocenters.